The van der Waals surface area contributed by atoms with Crippen molar-refractivity contribution in [1.29, 1.82) is 0 Å². The van der Waals surface area contributed by atoms with E-state index < -0.39 is 10.0 Å². The summed E-state index contributed by atoms with van der Waals surface area (Å²) in [6.07, 6.45) is 2.13. The number of ether oxygens (including phenoxy) is 1. The normalized spacial score (nSPS) is 11.7. The van der Waals surface area contributed by atoms with Crippen LogP contribution in [0.25, 0.3) is 11.0 Å². The third-order valence-corrected chi connectivity index (χ3v) is 4.75. The minimum atomic E-state index is -3.72. The molecule has 11 heteroatoms. The SMILES string of the molecule is Cn1ncc2c(NCc3ccc(S(N)(=O)=O)cc3)nc(OCCCO)nc21. The highest BCUT2D eigenvalue weighted by Gasteiger charge is 2.13. The lowest BCUT2D eigenvalue weighted by Gasteiger charge is -2.10. The Morgan fingerprint density at radius 3 is 2.67 bits per heavy atom. The fraction of sp³-hybridized carbons (Fsp3) is 0.312. The predicted molar refractivity (Wildman–Crippen MR) is 98.6 cm³/mol. The molecule has 2 aromatic heterocycles. The summed E-state index contributed by atoms with van der Waals surface area (Å²) >= 11 is 0. The van der Waals surface area contributed by atoms with Gasteiger partial charge in [-0.2, -0.15) is 15.1 Å². The van der Waals surface area contributed by atoms with E-state index in [-0.39, 0.29) is 17.5 Å². The first-order valence-electron chi connectivity index (χ1n) is 8.17. The zero-order chi connectivity index (χ0) is 19.4. The van der Waals surface area contributed by atoms with Gasteiger partial charge in [0.1, 0.15) is 5.82 Å². The van der Waals surface area contributed by atoms with E-state index in [1.54, 1.807) is 30.1 Å². The summed E-state index contributed by atoms with van der Waals surface area (Å²) in [6.45, 7) is 0.726. The zero-order valence-electron chi connectivity index (χ0n) is 14.7. The van der Waals surface area contributed by atoms with Gasteiger partial charge in [-0.05, 0) is 17.7 Å². The summed E-state index contributed by atoms with van der Waals surface area (Å²) in [6, 6.07) is 6.44. The quantitative estimate of drug-likeness (QED) is 0.467. The highest BCUT2D eigenvalue weighted by Crippen LogP contribution is 2.23. The number of hydrogen-bond donors (Lipinski definition) is 3. The van der Waals surface area contributed by atoms with E-state index >= 15 is 0 Å². The molecule has 0 unspecified atom stereocenters. The smallest absolute Gasteiger partial charge is 0.320 e. The van der Waals surface area contributed by atoms with Crippen molar-refractivity contribution in [3.05, 3.63) is 36.0 Å². The van der Waals surface area contributed by atoms with E-state index in [4.69, 9.17) is 15.0 Å². The van der Waals surface area contributed by atoms with Crippen LogP contribution in [0, 0.1) is 0 Å². The molecule has 144 valence electrons. The standard InChI is InChI=1S/C16H20N6O4S/c1-22-15-13(10-19-22)14(20-16(21-15)26-8-2-7-23)18-9-11-3-5-12(6-4-11)27(17,24)25/h3-6,10,23H,2,7-9H2,1H3,(H2,17,24,25)(H,18,20,21). The van der Waals surface area contributed by atoms with Gasteiger partial charge in [-0.25, -0.2) is 13.6 Å². The maximum atomic E-state index is 11.3. The molecule has 0 aliphatic heterocycles. The number of rotatable bonds is 8. The molecule has 0 radical (unpaired) electrons. The van der Waals surface area contributed by atoms with E-state index in [9.17, 15) is 8.42 Å². The van der Waals surface area contributed by atoms with Crippen LogP contribution in [0.2, 0.25) is 0 Å². The molecule has 3 rings (SSSR count). The van der Waals surface area contributed by atoms with Gasteiger partial charge in [0.15, 0.2) is 5.65 Å². The lowest BCUT2D eigenvalue weighted by atomic mass is 10.2. The van der Waals surface area contributed by atoms with Crippen molar-refractivity contribution in [3.63, 3.8) is 0 Å². The molecule has 0 amide bonds. The maximum absolute atomic E-state index is 11.3. The number of sulfonamides is 1. The van der Waals surface area contributed by atoms with Gasteiger partial charge >= 0.3 is 6.01 Å². The van der Waals surface area contributed by atoms with Gasteiger partial charge in [-0.15, -0.1) is 0 Å². The molecule has 4 N–H and O–H groups in total. The molecule has 0 fully saturated rings. The Bertz CT molecular complexity index is 1030. The second-order valence-electron chi connectivity index (χ2n) is 5.83. The molecule has 3 aromatic rings. The fourth-order valence-electron chi connectivity index (χ4n) is 2.41. The van der Waals surface area contributed by atoms with Crippen LogP contribution in [0.15, 0.2) is 35.4 Å². The minimum absolute atomic E-state index is 0.0214. The first-order chi connectivity index (χ1) is 12.9. The zero-order valence-corrected chi connectivity index (χ0v) is 15.5. The van der Waals surface area contributed by atoms with Crippen molar-refractivity contribution in [2.75, 3.05) is 18.5 Å². The molecule has 0 aliphatic carbocycles. The van der Waals surface area contributed by atoms with E-state index in [1.165, 1.54) is 12.1 Å². The van der Waals surface area contributed by atoms with E-state index in [1.807, 2.05) is 0 Å². The molecule has 0 aliphatic rings. The van der Waals surface area contributed by atoms with Crippen molar-refractivity contribution >= 4 is 26.9 Å². The van der Waals surface area contributed by atoms with Crippen molar-refractivity contribution in [1.82, 2.24) is 19.7 Å². The summed E-state index contributed by atoms with van der Waals surface area (Å²) in [5, 5.41) is 22.1. The Morgan fingerprint density at radius 2 is 2.00 bits per heavy atom. The lowest BCUT2D eigenvalue weighted by molar-refractivity contribution is 0.224. The number of anilines is 1. The maximum Gasteiger partial charge on any atom is 0.320 e. The first kappa shape index (κ1) is 19.0. The molecular formula is C16H20N6O4S. The van der Waals surface area contributed by atoms with Crippen molar-refractivity contribution in [2.24, 2.45) is 12.2 Å². The van der Waals surface area contributed by atoms with Gasteiger partial charge in [-0.1, -0.05) is 12.1 Å². The number of aliphatic hydroxyl groups is 1. The molecule has 1 aromatic carbocycles. The number of nitrogens with one attached hydrogen (secondary N) is 1. The molecule has 0 atom stereocenters. The van der Waals surface area contributed by atoms with Gasteiger partial charge in [0.2, 0.25) is 10.0 Å². The van der Waals surface area contributed by atoms with E-state index in [0.717, 1.165) is 10.9 Å². The third kappa shape index (κ3) is 4.51. The monoisotopic (exact) mass is 392 g/mol. The van der Waals surface area contributed by atoms with Crippen LogP contribution in [0.4, 0.5) is 5.82 Å². The van der Waals surface area contributed by atoms with Crippen LogP contribution in [0.1, 0.15) is 12.0 Å². The Kier molecular flexibility index (Phi) is 5.54. The molecule has 0 saturated carbocycles. The Balaban J connectivity index is 1.81. The summed E-state index contributed by atoms with van der Waals surface area (Å²) in [5.74, 6) is 0.544. The van der Waals surface area contributed by atoms with Crippen LogP contribution >= 0.6 is 0 Å². The Hall–Kier alpha value is -2.76. The van der Waals surface area contributed by atoms with Gasteiger partial charge in [0.05, 0.1) is 23.1 Å². The molecule has 2 heterocycles. The highest BCUT2D eigenvalue weighted by atomic mass is 32.2. The Labute approximate surface area is 156 Å². The number of benzene rings is 1. The molecule has 0 bridgehead atoms. The number of nitrogens with zero attached hydrogens (tertiary/aromatic N) is 4. The summed E-state index contributed by atoms with van der Waals surface area (Å²) in [4.78, 5) is 8.75. The third-order valence-electron chi connectivity index (χ3n) is 3.82. The molecule has 0 saturated heterocycles. The van der Waals surface area contributed by atoms with Gasteiger partial charge in [0, 0.05) is 26.6 Å². The molecule has 27 heavy (non-hydrogen) atoms. The van der Waals surface area contributed by atoms with E-state index in [2.05, 4.69) is 20.4 Å². The number of hydrogen-bond acceptors (Lipinski definition) is 8. The second-order valence-corrected chi connectivity index (χ2v) is 7.39. The number of aromatic nitrogens is 4. The molecular weight excluding hydrogens is 372 g/mol. The van der Waals surface area contributed by atoms with Crippen LogP contribution in [0.5, 0.6) is 6.01 Å². The van der Waals surface area contributed by atoms with Gasteiger partial charge in [0.25, 0.3) is 0 Å². The number of primary sulfonamides is 1. The van der Waals surface area contributed by atoms with Crippen LogP contribution in [-0.4, -0.2) is 46.5 Å². The average Bonchev–Trinajstić information content (AvgIpc) is 3.01. The largest absolute Gasteiger partial charge is 0.463 e. The highest BCUT2D eigenvalue weighted by molar-refractivity contribution is 7.89. The van der Waals surface area contributed by atoms with Crippen molar-refractivity contribution in [3.8, 4) is 6.01 Å². The van der Waals surface area contributed by atoms with Gasteiger partial charge < -0.3 is 15.2 Å². The minimum Gasteiger partial charge on any atom is -0.463 e. The molecule has 0 spiro atoms. The average molecular weight is 392 g/mol. The van der Waals surface area contributed by atoms with Crippen molar-refractivity contribution in [2.45, 2.75) is 17.9 Å². The second kappa shape index (κ2) is 7.86. The first-order valence-corrected chi connectivity index (χ1v) is 9.72. The lowest BCUT2D eigenvalue weighted by Crippen LogP contribution is -2.12. The summed E-state index contributed by atoms with van der Waals surface area (Å²) in [7, 11) is -1.95. The van der Waals surface area contributed by atoms with Crippen LogP contribution in [-0.2, 0) is 23.6 Å². The van der Waals surface area contributed by atoms with E-state index in [0.29, 0.717) is 31.0 Å². The van der Waals surface area contributed by atoms with Gasteiger partial charge in [-0.3, -0.25) is 4.68 Å². The summed E-state index contributed by atoms with van der Waals surface area (Å²) < 4.78 is 29.7. The number of aryl methyl sites for hydroxylation is 1. The Morgan fingerprint density at radius 1 is 1.26 bits per heavy atom. The predicted octanol–water partition coefficient (Wildman–Crippen LogP) is 0.384. The summed E-state index contributed by atoms with van der Waals surface area (Å²) in [5.41, 5.74) is 1.46. The van der Waals surface area contributed by atoms with Crippen LogP contribution < -0.4 is 15.2 Å². The molecule has 10 nitrogen and oxygen atoms in total. The van der Waals surface area contributed by atoms with Crippen molar-refractivity contribution < 1.29 is 18.3 Å². The number of nitrogens with two attached hydrogens (primary N) is 1. The van der Waals surface area contributed by atoms with Crippen LogP contribution in [0.3, 0.4) is 0 Å². The number of aliphatic hydroxyl groups excluding tert-OH is 1. The fourth-order valence-corrected chi connectivity index (χ4v) is 2.93. The topological polar surface area (TPSA) is 145 Å². The number of fused-ring (bicyclic) bond motifs is 1.